The van der Waals surface area contributed by atoms with Crippen molar-refractivity contribution in [1.29, 1.82) is 0 Å². The predicted molar refractivity (Wildman–Crippen MR) is 119 cm³/mol. The first-order chi connectivity index (χ1) is 15.0. The molecule has 1 atom stereocenters. The van der Waals surface area contributed by atoms with Crippen LogP contribution in [0.5, 0.6) is 0 Å². The van der Waals surface area contributed by atoms with Gasteiger partial charge in [-0.05, 0) is 47.7 Å². The van der Waals surface area contributed by atoms with Crippen molar-refractivity contribution in [3.05, 3.63) is 87.5 Å². The van der Waals surface area contributed by atoms with E-state index >= 15 is 0 Å². The van der Waals surface area contributed by atoms with Gasteiger partial charge >= 0.3 is 0 Å². The summed E-state index contributed by atoms with van der Waals surface area (Å²) in [7, 11) is 1.63. The number of benzene rings is 2. The Balaban J connectivity index is 1.64. The van der Waals surface area contributed by atoms with Crippen LogP contribution in [0.4, 0.5) is 4.39 Å². The Morgan fingerprint density at radius 1 is 1.13 bits per heavy atom. The lowest BCUT2D eigenvalue weighted by molar-refractivity contribution is 0.0962. The Hall–Kier alpha value is -2.90. The molecule has 0 saturated heterocycles. The smallest absolute Gasteiger partial charge is 0.166 e. The van der Waals surface area contributed by atoms with Crippen molar-refractivity contribution in [2.45, 2.75) is 25.4 Å². The van der Waals surface area contributed by atoms with Gasteiger partial charge in [0.1, 0.15) is 5.82 Å². The first-order valence-electron chi connectivity index (χ1n) is 9.98. The highest BCUT2D eigenvalue weighted by atomic mass is 79.9. The van der Waals surface area contributed by atoms with Gasteiger partial charge in [0.25, 0.3) is 0 Å². The van der Waals surface area contributed by atoms with Gasteiger partial charge in [-0.25, -0.2) is 13.9 Å². The van der Waals surface area contributed by atoms with Gasteiger partial charge in [0.15, 0.2) is 11.4 Å². The summed E-state index contributed by atoms with van der Waals surface area (Å²) in [6.45, 7) is 0.339. The maximum Gasteiger partial charge on any atom is 0.166 e. The van der Waals surface area contributed by atoms with Crippen molar-refractivity contribution >= 4 is 27.4 Å². The molecule has 2 heterocycles. The molecule has 0 aliphatic heterocycles. The first kappa shape index (κ1) is 20.0. The van der Waals surface area contributed by atoms with Crippen molar-refractivity contribution in [1.82, 2.24) is 14.6 Å². The van der Waals surface area contributed by atoms with E-state index in [9.17, 15) is 9.18 Å². The number of methoxy groups -OCH3 is 1. The predicted octanol–water partition coefficient (Wildman–Crippen LogP) is 5.36. The number of fused-ring (bicyclic) bond motifs is 2. The molecule has 156 valence electrons. The number of carbonyl (C=O) groups excluding carboxylic acids is 1. The van der Waals surface area contributed by atoms with Gasteiger partial charge in [-0.2, -0.15) is 5.10 Å². The van der Waals surface area contributed by atoms with Crippen molar-refractivity contribution < 1.29 is 13.9 Å². The highest BCUT2D eigenvalue weighted by molar-refractivity contribution is 9.10. The molecule has 0 bridgehead atoms. The highest BCUT2D eigenvalue weighted by Crippen LogP contribution is 2.35. The van der Waals surface area contributed by atoms with Crippen LogP contribution in [-0.2, 0) is 17.8 Å². The Labute approximate surface area is 187 Å². The Bertz CT molecular complexity index is 1280. The zero-order chi connectivity index (χ0) is 21.5. The summed E-state index contributed by atoms with van der Waals surface area (Å²) in [6.07, 6.45) is 2.77. The van der Waals surface area contributed by atoms with Crippen LogP contribution in [0, 0.1) is 5.82 Å². The van der Waals surface area contributed by atoms with E-state index in [-0.39, 0.29) is 17.5 Å². The Morgan fingerprint density at radius 3 is 2.58 bits per heavy atom. The van der Waals surface area contributed by atoms with Gasteiger partial charge in [0.2, 0.25) is 0 Å². The van der Waals surface area contributed by atoms with Crippen LogP contribution in [0.1, 0.15) is 39.6 Å². The van der Waals surface area contributed by atoms with E-state index in [1.54, 1.807) is 30.0 Å². The molecule has 5 nitrogen and oxygen atoms in total. The molecule has 0 saturated carbocycles. The van der Waals surface area contributed by atoms with E-state index in [2.05, 4.69) is 21.0 Å². The van der Waals surface area contributed by atoms with Gasteiger partial charge in [-0.1, -0.05) is 40.2 Å². The Kier molecular flexibility index (Phi) is 5.16. The van der Waals surface area contributed by atoms with Crippen LogP contribution in [-0.4, -0.2) is 27.5 Å². The third kappa shape index (κ3) is 3.68. The van der Waals surface area contributed by atoms with Crippen LogP contribution < -0.4 is 0 Å². The molecule has 2 aromatic heterocycles. The summed E-state index contributed by atoms with van der Waals surface area (Å²) in [5.74, 6) is -0.276. The molecule has 7 heteroatoms. The third-order valence-corrected chi connectivity index (χ3v) is 6.22. The normalized spacial score (nSPS) is 16.0. The van der Waals surface area contributed by atoms with Gasteiger partial charge in [0, 0.05) is 24.2 Å². The van der Waals surface area contributed by atoms with Crippen molar-refractivity contribution in [3.8, 4) is 11.1 Å². The average molecular weight is 480 g/mol. The van der Waals surface area contributed by atoms with E-state index in [1.807, 2.05) is 24.3 Å². The number of Topliss-reactive ketones (excluding diaryl/α,β-unsaturated/α-hetero) is 1. The minimum Gasteiger partial charge on any atom is -0.378 e. The quantitative estimate of drug-likeness (QED) is 0.395. The average Bonchev–Trinajstić information content (AvgIpc) is 3.11. The van der Waals surface area contributed by atoms with Crippen LogP contribution in [0.15, 0.2) is 59.2 Å². The summed E-state index contributed by atoms with van der Waals surface area (Å²) in [4.78, 5) is 17.8. The second kappa shape index (κ2) is 7.98. The lowest BCUT2D eigenvalue weighted by Gasteiger charge is -2.23. The fourth-order valence-electron chi connectivity index (χ4n) is 4.20. The third-order valence-electron chi connectivity index (χ3n) is 5.69. The zero-order valence-corrected chi connectivity index (χ0v) is 18.4. The molecule has 0 fully saturated rings. The molecule has 0 amide bonds. The van der Waals surface area contributed by atoms with E-state index in [4.69, 9.17) is 9.72 Å². The van der Waals surface area contributed by atoms with E-state index in [0.29, 0.717) is 30.7 Å². The summed E-state index contributed by atoms with van der Waals surface area (Å²) in [5, 5.41) is 4.65. The number of rotatable bonds is 4. The molecule has 4 aromatic rings. The summed E-state index contributed by atoms with van der Waals surface area (Å²) < 4.78 is 21.4. The molecule has 0 spiro atoms. The fourth-order valence-corrected chi connectivity index (χ4v) is 4.47. The first-order valence-corrected chi connectivity index (χ1v) is 10.8. The lowest BCUT2D eigenvalue weighted by Crippen LogP contribution is -2.21. The monoisotopic (exact) mass is 479 g/mol. The number of ketones is 1. The number of carbonyl (C=O) groups is 1. The number of hydrogen-bond acceptors (Lipinski definition) is 4. The molecule has 2 aromatic carbocycles. The van der Waals surface area contributed by atoms with Crippen LogP contribution in [0.3, 0.4) is 0 Å². The summed E-state index contributed by atoms with van der Waals surface area (Å²) >= 11 is 3.47. The topological polar surface area (TPSA) is 56.5 Å². The second-order valence-electron chi connectivity index (χ2n) is 7.71. The van der Waals surface area contributed by atoms with Gasteiger partial charge in [0.05, 0.1) is 29.1 Å². The molecule has 31 heavy (non-hydrogen) atoms. The highest BCUT2D eigenvalue weighted by Gasteiger charge is 2.29. The number of nitrogens with zero attached hydrogens (tertiary/aromatic N) is 3. The van der Waals surface area contributed by atoms with Gasteiger partial charge in [-0.3, -0.25) is 4.79 Å². The maximum absolute atomic E-state index is 13.3. The van der Waals surface area contributed by atoms with Gasteiger partial charge in [-0.15, -0.1) is 0 Å². The van der Waals surface area contributed by atoms with Crippen molar-refractivity contribution in [3.63, 3.8) is 0 Å². The number of ether oxygens (including phenoxy) is 1. The molecule has 1 unspecified atom stereocenters. The van der Waals surface area contributed by atoms with Crippen LogP contribution in [0.25, 0.3) is 16.8 Å². The largest absolute Gasteiger partial charge is 0.378 e. The molecule has 0 N–H and O–H groups in total. The summed E-state index contributed by atoms with van der Waals surface area (Å²) in [5.41, 5.74) is 5.63. The standard InChI is InChI=1S/C24H19BrFN3O2/c1-31-13-21-23(15-2-6-17(25)7-3-15)24-27-20-10-16(14-4-8-18(26)9-5-14)11-22(30)19(20)12-29(24)28-21/h2-9,12,16H,10-11,13H2,1H3. The fraction of sp³-hybridized carbons (Fsp3) is 0.208. The molecule has 1 aliphatic carbocycles. The molecule has 1 aliphatic rings. The van der Waals surface area contributed by atoms with Crippen LogP contribution >= 0.6 is 15.9 Å². The number of hydrogen-bond donors (Lipinski definition) is 0. The SMILES string of the molecule is COCc1nn2cc3c(nc2c1-c1ccc(Br)cc1)CC(c1ccc(F)cc1)CC3=O. The van der Waals surface area contributed by atoms with Crippen molar-refractivity contribution in [2.24, 2.45) is 0 Å². The molecule has 0 radical (unpaired) electrons. The minimum absolute atomic E-state index is 0.0203. The van der Waals surface area contributed by atoms with Gasteiger partial charge < -0.3 is 4.74 Å². The van der Waals surface area contributed by atoms with Crippen LogP contribution in [0.2, 0.25) is 0 Å². The zero-order valence-electron chi connectivity index (χ0n) is 16.8. The summed E-state index contributed by atoms with van der Waals surface area (Å²) in [6, 6.07) is 14.3. The van der Waals surface area contributed by atoms with E-state index < -0.39 is 0 Å². The molecular weight excluding hydrogens is 461 g/mol. The molecule has 5 rings (SSSR count). The maximum atomic E-state index is 13.3. The number of aromatic nitrogens is 3. The van der Waals surface area contributed by atoms with E-state index in [1.165, 1.54) is 12.1 Å². The molecular formula is C24H19BrFN3O2. The van der Waals surface area contributed by atoms with Crippen molar-refractivity contribution in [2.75, 3.05) is 7.11 Å². The lowest BCUT2D eigenvalue weighted by atomic mass is 9.82. The second-order valence-corrected chi connectivity index (χ2v) is 8.63. The number of halogens is 2. The minimum atomic E-state index is -0.282. The Morgan fingerprint density at radius 2 is 1.87 bits per heavy atom. The van der Waals surface area contributed by atoms with E-state index in [0.717, 1.165) is 32.6 Å².